The third-order valence-electron chi connectivity index (χ3n) is 3.26. The highest BCUT2D eigenvalue weighted by Gasteiger charge is 2.20. The van der Waals surface area contributed by atoms with E-state index in [1.807, 2.05) is 6.92 Å². The second-order valence-corrected chi connectivity index (χ2v) is 7.47. The fourth-order valence-electron chi connectivity index (χ4n) is 2.02. The molecule has 0 aliphatic rings. The van der Waals surface area contributed by atoms with E-state index in [0.717, 1.165) is 6.42 Å². The number of aliphatic hydroxyl groups is 1. The Hall–Kier alpha value is -0.820. The molecule has 1 nitrogen and oxygen atoms in total. The van der Waals surface area contributed by atoms with Gasteiger partial charge < -0.3 is 5.11 Å². The summed E-state index contributed by atoms with van der Waals surface area (Å²) in [6.45, 7) is 15.3. The predicted octanol–water partition coefficient (Wildman–Crippen LogP) is 4.20. The van der Waals surface area contributed by atoms with Gasteiger partial charge in [-0.1, -0.05) is 59.7 Å². The zero-order chi connectivity index (χ0) is 14.1. The molecular formula is C17H28O. The Balaban J connectivity index is 3.29. The van der Waals surface area contributed by atoms with Crippen LogP contribution in [0.2, 0.25) is 0 Å². The number of aliphatic hydroxyl groups excluding tert-OH is 1. The van der Waals surface area contributed by atoms with Gasteiger partial charge in [0.15, 0.2) is 0 Å². The van der Waals surface area contributed by atoms with Crippen molar-refractivity contribution < 1.29 is 5.11 Å². The number of hydrogen-bond acceptors (Lipinski definition) is 1. The summed E-state index contributed by atoms with van der Waals surface area (Å²) in [5.74, 6) is 0. The normalized spacial score (nSPS) is 14.7. The lowest BCUT2D eigenvalue weighted by Gasteiger charge is -2.26. The van der Waals surface area contributed by atoms with Crippen molar-refractivity contribution in [1.82, 2.24) is 0 Å². The number of hydrogen-bond donors (Lipinski definition) is 1. The highest BCUT2D eigenvalue weighted by Crippen LogP contribution is 2.30. The quantitative estimate of drug-likeness (QED) is 0.831. The van der Waals surface area contributed by atoms with E-state index in [-0.39, 0.29) is 16.9 Å². The lowest BCUT2D eigenvalue weighted by Crippen LogP contribution is -2.18. The van der Waals surface area contributed by atoms with Gasteiger partial charge in [0, 0.05) is 0 Å². The summed E-state index contributed by atoms with van der Waals surface area (Å²) < 4.78 is 0. The van der Waals surface area contributed by atoms with E-state index in [2.05, 4.69) is 59.7 Å². The molecule has 0 saturated heterocycles. The van der Waals surface area contributed by atoms with E-state index < -0.39 is 0 Å². The van der Waals surface area contributed by atoms with Crippen molar-refractivity contribution in [3.8, 4) is 0 Å². The maximum Gasteiger partial charge on any atom is 0.0552 e. The Morgan fingerprint density at radius 3 is 1.56 bits per heavy atom. The molecule has 1 aromatic carbocycles. The Morgan fingerprint density at radius 1 is 0.889 bits per heavy atom. The van der Waals surface area contributed by atoms with Crippen LogP contribution in [-0.2, 0) is 17.3 Å². The molecule has 1 rings (SSSR count). The minimum absolute atomic E-state index is 0.148. The van der Waals surface area contributed by atoms with Gasteiger partial charge in [-0.15, -0.1) is 0 Å². The number of benzene rings is 1. The van der Waals surface area contributed by atoms with E-state index >= 15 is 0 Å². The summed E-state index contributed by atoms with van der Waals surface area (Å²) in [4.78, 5) is 0. The third-order valence-corrected chi connectivity index (χ3v) is 3.26. The van der Waals surface area contributed by atoms with Crippen LogP contribution in [0.3, 0.4) is 0 Å². The first-order valence-corrected chi connectivity index (χ1v) is 6.83. The maximum atomic E-state index is 9.59. The van der Waals surface area contributed by atoms with Gasteiger partial charge in [-0.3, -0.25) is 0 Å². The molecule has 0 aromatic heterocycles. The molecule has 1 atom stereocenters. The monoisotopic (exact) mass is 248 g/mol. The summed E-state index contributed by atoms with van der Waals surface area (Å²) in [7, 11) is 0. The van der Waals surface area contributed by atoms with Gasteiger partial charge >= 0.3 is 0 Å². The zero-order valence-corrected chi connectivity index (χ0v) is 13.0. The minimum Gasteiger partial charge on any atom is -0.393 e. The number of rotatable bonds is 2. The smallest absolute Gasteiger partial charge is 0.0552 e. The van der Waals surface area contributed by atoms with Gasteiger partial charge in [0.2, 0.25) is 0 Å². The Morgan fingerprint density at radius 2 is 1.28 bits per heavy atom. The Bertz CT molecular complexity index is 370. The molecular weight excluding hydrogens is 220 g/mol. The van der Waals surface area contributed by atoms with Gasteiger partial charge in [0.05, 0.1) is 6.10 Å². The molecule has 0 saturated carbocycles. The van der Waals surface area contributed by atoms with Crippen LogP contribution in [0.15, 0.2) is 18.2 Å². The van der Waals surface area contributed by atoms with Crippen LogP contribution in [-0.4, -0.2) is 11.2 Å². The molecule has 1 unspecified atom stereocenters. The van der Waals surface area contributed by atoms with Gasteiger partial charge in [0.25, 0.3) is 0 Å². The van der Waals surface area contributed by atoms with E-state index in [4.69, 9.17) is 0 Å². The van der Waals surface area contributed by atoms with Crippen LogP contribution in [0.25, 0.3) is 0 Å². The first-order chi connectivity index (χ1) is 8.00. The second-order valence-electron chi connectivity index (χ2n) is 7.47. The topological polar surface area (TPSA) is 20.2 Å². The predicted molar refractivity (Wildman–Crippen MR) is 79.2 cm³/mol. The first-order valence-electron chi connectivity index (χ1n) is 6.83. The largest absolute Gasteiger partial charge is 0.393 e. The highest BCUT2D eigenvalue weighted by atomic mass is 16.3. The van der Waals surface area contributed by atoms with Crippen LogP contribution in [0.5, 0.6) is 0 Å². The fraction of sp³-hybridized carbons (Fsp3) is 0.647. The molecule has 1 heteroatoms. The summed E-state index contributed by atoms with van der Waals surface area (Å²) in [5.41, 5.74) is 4.24. The molecule has 0 heterocycles. The molecule has 0 bridgehead atoms. The third kappa shape index (κ3) is 4.13. The van der Waals surface area contributed by atoms with Crippen LogP contribution in [0, 0.1) is 0 Å². The van der Waals surface area contributed by atoms with Gasteiger partial charge in [0.1, 0.15) is 0 Å². The minimum atomic E-state index is -0.284. The zero-order valence-electron chi connectivity index (χ0n) is 13.0. The van der Waals surface area contributed by atoms with Crippen molar-refractivity contribution in [3.05, 3.63) is 34.9 Å². The molecule has 1 aromatic rings. The Kier molecular flexibility index (Phi) is 4.27. The van der Waals surface area contributed by atoms with E-state index in [1.165, 1.54) is 16.7 Å². The Labute approximate surface area is 112 Å². The summed E-state index contributed by atoms with van der Waals surface area (Å²) in [5, 5.41) is 9.59. The summed E-state index contributed by atoms with van der Waals surface area (Å²) in [6.07, 6.45) is 0.445. The van der Waals surface area contributed by atoms with Crippen molar-refractivity contribution in [1.29, 1.82) is 0 Å². The molecule has 0 aliphatic heterocycles. The average Bonchev–Trinajstić information content (AvgIpc) is 2.13. The average molecular weight is 248 g/mol. The molecule has 0 aliphatic carbocycles. The molecule has 0 radical (unpaired) electrons. The molecule has 0 spiro atoms. The second kappa shape index (κ2) is 5.05. The van der Waals surface area contributed by atoms with E-state index in [1.54, 1.807) is 0 Å². The maximum absolute atomic E-state index is 9.59. The van der Waals surface area contributed by atoms with Crippen molar-refractivity contribution in [2.75, 3.05) is 0 Å². The van der Waals surface area contributed by atoms with Crippen molar-refractivity contribution >= 4 is 0 Å². The molecule has 1 N–H and O–H groups in total. The van der Waals surface area contributed by atoms with E-state index in [9.17, 15) is 5.11 Å². The first kappa shape index (κ1) is 15.2. The SMILES string of the molecule is CC(O)Cc1cc(C(C)(C)C)cc(C(C)(C)C)c1. The highest BCUT2D eigenvalue weighted by molar-refractivity contribution is 5.37. The fourth-order valence-corrected chi connectivity index (χ4v) is 2.02. The van der Waals surface area contributed by atoms with Crippen LogP contribution < -0.4 is 0 Å². The summed E-state index contributed by atoms with van der Waals surface area (Å²) in [6, 6.07) is 6.79. The van der Waals surface area contributed by atoms with Gasteiger partial charge in [-0.25, -0.2) is 0 Å². The molecule has 0 fully saturated rings. The lowest BCUT2D eigenvalue weighted by atomic mass is 9.79. The molecule has 0 amide bonds. The lowest BCUT2D eigenvalue weighted by molar-refractivity contribution is 0.195. The standard InChI is InChI=1S/C17H28O/c1-12(18)8-13-9-14(16(2,3)4)11-15(10-13)17(5,6)7/h9-12,18H,8H2,1-7H3. The summed E-state index contributed by atoms with van der Waals surface area (Å²) >= 11 is 0. The van der Waals surface area contributed by atoms with Crippen LogP contribution in [0.1, 0.15) is 65.2 Å². The van der Waals surface area contributed by atoms with E-state index in [0.29, 0.717) is 0 Å². The van der Waals surface area contributed by atoms with Crippen LogP contribution >= 0.6 is 0 Å². The van der Waals surface area contributed by atoms with Crippen molar-refractivity contribution in [2.45, 2.75) is 71.8 Å². The molecule has 102 valence electrons. The van der Waals surface area contributed by atoms with Crippen molar-refractivity contribution in [2.24, 2.45) is 0 Å². The molecule has 18 heavy (non-hydrogen) atoms. The van der Waals surface area contributed by atoms with Crippen LogP contribution in [0.4, 0.5) is 0 Å². The van der Waals surface area contributed by atoms with Gasteiger partial charge in [-0.05, 0) is 40.9 Å². The van der Waals surface area contributed by atoms with Crippen molar-refractivity contribution in [3.63, 3.8) is 0 Å². The van der Waals surface area contributed by atoms with Gasteiger partial charge in [-0.2, -0.15) is 0 Å².